The van der Waals surface area contributed by atoms with Crippen molar-refractivity contribution in [2.24, 2.45) is 0 Å². The molecule has 0 radical (unpaired) electrons. The van der Waals surface area contributed by atoms with Gasteiger partial charge in [-0.2, -0.15) is 0 Å². The van der Waals surface area contributed by atoms with Crippen LogP contribution < -0.4 is 29.1 Å². The summed E-state index contributed by atoms with van der Waals surface area (Å²) in [6.07, 6.45) is 2.11. The van der Waals surface area contributed by atoms with Gasteiger partial charge in [0.15, 0.2) is 11.5 Å². The number of benzene rings is 4. The molecule has 0 fully saturated rings. The van der Waals surface area contributed by atoms with Gasteiger partial charge in [0.1, 0.15) is 40.2 Å². The zero-order valence-electron chi connectivity index (χ0n) is 24.4. The largest absolute Gasteiger partial charge is 0.507 e. The van der Waals surface area contributed by atoms with E-state index in [0.29, 0.717) is 35.0 Å². The monoisotopic (exact) mass is 594 g/mol. The van der Waals surface area contributed by atoms with Crippen LogP contribution in [-0.4, -0.2) is 39.0 Å². The molecular weight excluding hydrogens is 564 g/mol. The van der Waals surface area contributed by atoms with E-state index >= 15 is 0 Å². The van der Waals surface area contributed by atoms with E-state index in [-0.39, 0.29) is 34.5 Å². The second-order valence-corrected chi connectivity index (χ2v) is 10.3. The Morgan fingerprint density at radius 2 is 1.57 bits per heavy atom. The van der Waals surface area contributed by atoms with Crippen molar-refractivity contribution in [2.75, 3.05) is 27.9 Å². The lowest BCUT2D eigenvalue weighted by Crippen LogP contribution is -2.22. The molecule has 6 rings (SSSR count). The van der Waals surface area contributed by atoms with Crippen LogP contribution in [0.5, 0.6) is 34.5 Å². The highest BCUT2D eigenvalue weighted by Gasteiger charge is 2.33. The number of carbonyl (C=O) groups excluding carboxylic acids is 1. The van der Waals surface area contributed by atoms with Crippen molar-refractivity contribution in [3.05, 3.63) is 106 Å². The number of ether oxygens (including phenoxy) is 5. The summed E-state index contributed by atoms with van der Waals surface area (Å²) in [5.74, 6) is 1.32. The van der Waals surface area contributed by atoms with Crippen LogP contribution in [0.3, 0.4) is 0 Å². The van der Waals surface area contributed by atoms with Gasteiger partial charge >= 0.3 is 5.97 Å². The molecule has 9 nitrogen and oxygen atoms in total. The molecule has 0 spiro atoms. The molecule has 0 amide bonds. The maximum Gasteiger partial charge on any atom is 0.312 e. The van der Waals surface area contributed by atoms with E-state index in [2.05, 4.69) is 0 Å². The van der Waals surface area contributed by atoms with Crippen molar-refractivity contribution in [1.29, 1.82) is 0 Å². The molecule has 1 aromatic heterocycles. The van der Waals surface area contributed by atoms with Crippen LogP contribution >= 0.6 is 0 Å². The number of aromatic hydroxyl groups is 1. The highest BCUT2D eigenvalue weighted by Crippen LogP contribution is 2.46. The van der Waals surface area contributed by atoms with Crippen molar-refractivity contribution < 1.29 is 38.0 Å². The van der Waals surface area contributed by atoms with Crippen molar-refractivity contribution in [3.63, 3.8) is 0 Å². The quantitative estimate of drug-likeness (QED) is 0.156. The first-order valence-electron chi connectivity index (χ1n) is 14.0. The predicted octanol–water partition coefficient (Wildman–Crippen LogP) is 6.25. The van der Waals surface area contributed by atoms with Gasteiger partial charge in [-0.1, -0.05) is 30.3 Å². The molecule has 1 N–H and O–H groups in total. The molecule has 4 aromatic carbocycles. The topological polar surface area (TPSA) is 114 Å². The molecule has 0 bridgehead atoms. The molecule has 1 unspecified atom stereocenters. The average molecular weight is 595 g/mol. The lowest BCUT2D eigenvalue weighted by Gasteiger charge is -2.26. The number of phenolic OH excluding ortho intramolecular Hbond substituents is 1. The summed E-state index contributed by atoms with van der Waals surface area (Å²) in [5, 5.41) is 10.9. The van der Waals surface area contributed by atoms with Crippen LogP contribution in [0.1, 0.15) is 29.0 Å². The minimum absolute atomic E-state index is 0.00234. The van der Waals surface area contributed by atoms with E-state index in [4.69, 9.17) is 28.1 Å². The van der Waals surface area contributed by atoms with Gasteiger partial charge in [-0.25, -0.2) is 0 Å². The molecule has 0 saturated heterocycles. The van der Waals surface area contributed by atoms with Gasteiger partial charge in [-0.15, -0.1) is 0 Å². The molecule has 44 heavy (non-hydrogen) atoms. The summed E-state index contributed by atoms with van der Waals surface area (Å²) < 4.78 is 33.4. The van der Waals surface area contributed by atoms with Gasteiger partial charge in [0.05, 0.1) is 39.9 Å². The van der Waals surface area contributed by atoms with Gasteiger partial charge in [0, 0.05) is 24.0 Å². The molecule has 5 aromatic rings. The summed E-state index contributed by atoms with van der Waals surface area (Å²) >= 11 is 0. The van der Waals surface area contributed by atoms with Crippen molar-refractivity contribution >= 4 is 16.9 Å². The number of fused-ring (bicyclic) bond motifs is 3. The molecule has 2 heterocycles. The minimum atomic E-state index is -0.474. The Kier molecular flexibility index (Phi) is 7.85. The molecule has 0 aliphatic carbocycles. The fourth-order valence-electron chi connectivity index (χ4n) is 5.50. The first-order chi connectivity index (χ1) is 21.4. The van der Waals surface area contributed by atoms with Crippen LogP contribution in [0.25, 0.3) is 22.1 Å². The Morgan fingerprint density at radius 1 is 0.841 bits per heavy atom. The Balaban J connectivity index is 1.31. The van der Waals surface area contributed by atoms with E-state index in [0.717, 1.165) is 23.3 Å². The SMILES string of the molecule is COc1ccc(CCOc2ccc(C3CC(=O)Oc4cc(O)c5c(=O)c(-c6ccc(OC)c(OC)c6)coc5c43)cc2)cc1. The Morgan fingerprint density at radius 3 is 2.27 bits per heavy atom. The zero-order chi connectivity index (χ0) is 30.8. The maximum absolute atomic E-state index is 13.8. The molecule has 1 aliphatic rings. The standard InChI is InChI=1S/C35H30O9/c1-39-23-9-4-20(5-10-23)14-15-42-24-11-6-21(7-12-24)25-17-31(37)44-30-18-27(36)33-34(38)26(19-43-35(33)32(25)30)22-8-13-28(40-2)29(16-22)41-3/h4-13,16,18-19,25,36H,14-15,17H2,1-3H3. The summed E-state index contributed by atoms with van der Waals surface area (Å²) in [6, 6.07) is 21.6. The Labute approximate surface area is 253 Å². The molecule has 1 aliphatic heterocycles. The first-order valence-corrected chi connectivity index (χ1v) is 14.0. The van der Waals surface area contributed by atoms with Gasteiger partial charge in [0.25, 0.3) is 0 Å². The normalized spacial score (nSPS) is 14.1. The smallest absolute Gasteiger partial charge is 0.312 e. The summed E-state index contributed by atoms with van der Waals surface area (Å²) in [5.41, 5.74) is 2.94. The summed E-state index contributed by atoms with van der Waals surface area (Å²) in [7, 11) is 4.67. The van der Waals surface area contributed by atoms with E-state index in [1.807, 2.05) is 48.5 Å². The van der Waals surface area contributed by atoms with E-state index in [1.54, 1.807) is 25.3 Å². The summed E-state index contributed by atoms with van der Waals surface area (Å²) in [6.45, 7) is 0.488. The van der Waals surface area contributed by atoms with E-state index in [1.165, 1.54) is 26.5 Å². The number of carbonyl (C=O) groups is 1. The van der Waals surface area contributed by atoms with Crippen LogP contribution in [0.4, 0.5) is 0 Å². The number of methoxy groups -OCH3 is 3. The second kappa shape index (κ2) is 12.0. The number of phenols is 1. The number of esters is 1. The second-order valence-electron chi connectivity index (χ2n) is 10.3. The third-order valence-electron chi connectivity index (χ3n) is 7.77. The Hall–Kier alpha value is -5.44. The third kappa shape index (κ3) is 5.40. The fraction of sp³-hybridized carbons (Fsp3) is 0.200. The average Bonchev–Trinajstić information content (AvgIpc) is 3.04. The molecule has 0 saturated carbocycles. The van der Waals surface area contributed by atoms with Gasteiger partial charge in [-0.05, 0) is 53.1 Å². The highest BCUT2D eigenvalue weighted by molar-refractivity contribution is 5.94. The molecule has 224 valence electrons. The lowest BCUT2D eigenvalue weighted by atomic mass is 9.85. The molecule has 1 atom stereocenters. The van der Waals surface area contributed by atoms with Gasteiger partial charge in [0.2, 0.25) is 5.43 Å². The van der Waals surface area contributed by atoms with Gasteiger partial charge < -0.3 is 33.2 Å². The Bertz CT molecular complexity index is 1890. The van der Waals surface area contributed by atoms with Crippen LogP contribution in [0.15, 0.2) is 88.3 Å². The number of rotatable bonds is 9. The van der Waals surface area contributed by atoms with Crippen LogP contribution in [-0.2, 0) is 11.2 Å². The first kappa shape index (κ1) is 28.7. The van der Waals surface area contributed by atoms with E-state index in [9.17, 15) is 14.7 Å². The number of hydrogen-bond donors (Lipinski definition) is 1. The van der Waals surface area contributed by atoms with Crippen molar-refractivity contribution in [3.8, 4) is 45.6 Å². The molecular formula is C35H30O9. The van der Waals surface area contributed by atoms with Crippen molar-refractivity contribution in [1.82, 2.24) is 0 Å². The zero-order valence-corrected chi connectivity index (χ0v) is 24.4. The van der Waals surface area contributed by atoms with Crippen molar-refractivity contribution in [2.45, 2.75) is 18.8 Å². The van der Waals surface area contributed by atoms with Crippen LogP contribution in [0.2, 0.25) is 0 Å². The summed E-state index contributed by atoms with van der Waals surface area (Å²) in [4.78, 5) is 26.4. The third-order valence-corrected chi connectivity index (χ3v) is 7.77. The highest BCUT2D eigenvalue weighted by atomic mass is 16.5. The predicted molar refractivity (Wildman–Crippen MR) is 163 cm³/mol. The van der Waals surface area contributed by atoms with Crippen LogP contribution in [0, 0.1) is 0 Å². The number of hydrogen-bond acceptors (Lipinski definition) is 9. The lowest BCUT2D eigenvalue weighted by molar-refractivity contribution is -0.135. The maximum atomic E-state index is 13.8. The van der Waals surface area contributed by atoms with Gasteiger partial charge in [-0.3, -0.25) is 9.59 Å². The minimum Gasteiger partial charge on any atom is -0.507 e. The van der Waals surface area contributed by atoms with E-state index < -0.39 is 17.3 Å². The fourth-order valence-corrected chi connectivity index (χ4v) is 5.50. The molecule has 9 heteroatoms.